The van der Waals surface area contributed by atoms with Crippen LogP contribution in [0.4, 0.5) is 5.82 Å². The van der Waals surface area contributed by atoms with Crippen LogP contribution in [0.15, 0.2) is 24.5 Å². The SMILES string of the molecule is CCN(C)C1CCN(c2nc(-c3cccnc3)nc3sc4c(c23)CCCC4)C1. The Balaban J connectivity index is 1.64. The van der Waals surface area contributed by atoms with Crippen molar-refractivity contribution in [3.8, 4) is 11.4 Å². The average molecular weight is 394 g/mol. The van der Waals surface area contributed by atoms with Crippen molar-refractivity contribution in [3.63, 3.8) is 0 Å². The van der Waals surface area contributed by atoms with Gasteiger partial charge in [0, 0.05) is 42.0 Å². The van der Waals surface area contributed by atoms with Gasteiger partial charge >= 0.3 is 0 Å². The molecule has 6 heteroatoms. The zero-order chi connectivity index (χ0) is 19.1. The zero-order valence-electron chi connectivity index (χ0n) is 16.7. The molecule has 1 unspecified atom stereocenters. The molecule has 3 aromatic rings. The Hall–Kier alpha value is -2.05. The van der Waals surface area contributed by atoms with Crippen LogP contribution in [0.25, 0.3) is 21.6 Å². The maximum atomic E-state index is 5.12. The first-order valence-electron chi connectivity index (χ1n) is 10.4. The van der Waals surface area contributed by atoms with Gasteiger partial charge in [0.15, 0.2) is 5.82 Å². The summed E-state index contributed by atoms with van der Waals surface area (Å²) >= 11 is 1.88. The number of hydrogen-bond acceptors (Lipinski definition) is 6. The largest absolute Gasteiger partial charge is 0.354 e. The van der Waals surface area contributed by atoms with Gasteiger partial charge in [-0.15, -0.1) is 11.3 Å². The number of anilines is 1. The lowest BCUT2D eigenvalue weighted by molar-refractivity contribution is 0.272. The Labute approximate surface area is 170 Å². The smallest absolute Gasteiger partial charge is 0.164 e. The van der Waals surface area contributed by atoms with E-state index in [1.807, 2.05) is 23.6 Å². The molecule has 0 spiro atoms. The van der Waals surface area contributed by atoms with Gasteiger partial charge in [0.05, 0.1) is 5.39 Å². The Morgan fingerprint density at radius 3 is 2.96 bits per heavy atom. The summed E-state index contributed by atoms with van der Waals surface area (Å²) in [6.45, 7) is 5.44. The van der Waals surface area contributed by atoms with E-state index in [9.17, 15) is 0 Å². The van der Waals surface area contributed by atoms with Crippen molar-refractivity contribution in [2.75, 3.05) is 31.6 Å². The van der Waals surface area contributed by atoms with Crippen LogP contribution in [0.3, 0.4) is 0 Å². The van der Waals surface area contributed by atoms with Gasteiger partial charge in [-0.2, -0.15) is 0 Å². The number of aromatic nitrogens is 3. The molecule has 4 heterocycles. The highest BCUT2D eigenvalue weighted by Gasteiger charge is 2.30. The molecule has 1 fully saturated rings. The van der Waals surface area contributed by atoms with Gasteiger partial charge < -0.3 is 9.80 Å². The van der Waals surface area contributed by atoms with E-state index < -0.39 is 0 Å². The van der Waals surface area contributed by atoms with Crippen LogP contribution >= 0.6 is 11.3 Å². The fraction of sp³-hybridized carbons (Fsp3) is 0.500. The van der Waals surface area contributed by atoms with Gasteiger partial charge in [0.2, 0.25) is 0 Å². The Morgan fingerprint density at radius 1 is 1.25 bits per heavy atom. The molecule has 0 aromatic carbocycles. The number of thiophene rings is 1. The van der Waals surface area contributed by atoms with Crippen LogP contribution in [0.1, 0.15) is 36.6 Å². The quantitative estimate of drug-likeness (QED) is 0.666. The summed E-state index contributed by atoms with van der Waals surface area (Å²) in [5.41, 5.74) is 2.52. The second-order valence-corrected chi connectivity index (χ2v) is 9.05. The molecule has 1 aliphatic carbocycles. The third kappa shape index (κ3) is 3.08. The van der Waals surface area contributed by atoms with Crippen molar-refractivity contribution >= 4 is 27.4 Å². The molecule has 1 atom stereocenters. The van der Waals surface area contributed by atoms with Crippen LogP contribution in [0, 0.1) is 0 Å². The van der Waals surface area contributed by atoms with Gasteiger partial charge in [-0.05, 0) is 63.4 Å². The number of likely N-dealkylation sites (N-methyl/N-ethyl adjacent to an activating group) is 1. The molecule has 1 saturated heterocycles. The number of pyridine rings is 1. The standard InChI is InChI=1S/C22H27N5S/c1-3-26(2)16-10-12-27(14-16)21-19-17-8-4-5-9-18(17)28-22(19)25-20(24-21)15-7-6-11-23-13-15/h6-7,11,13,16H,3-5,8-10,12,14H2,1-2H3. The summed E-state index contributed by atoms with van der Waals surface area (Å²) in [5.74, 6) is 1.96. The third-order valence-corrected chi connectivity index (χ3v) is 7.49. The Bertz CT molecular complexity index is 984. The van der Waals surface area contributed by atoms with E-state index >= 15 is 0 Å². The van der Waals surface area contributed by atoms with Gasteiger partial charge in [0.1, 0.15) is 10.6 Å². The first-order valence-corrected chi connectivity index (χ1v) is 11.2. The molecule has 2 aliphatic rings. The lowest BCUT2D eigenvalue weighted by atomic mass is 9.97. The molecule has 5 nitrogen and oxygen atoms in total. The summed E-state index contributed by atoms with van der Waals surface area (Å²) in [7, 11) is 2.23. The van der Waals surface area contributed by atoms with E-state index in [1.54, 1.807) is 6.20 Å². The molecular formula is C22H27N5S. The van der Waals surface area contributed by atoms with E-state index in [1.165, 1.54) is 47.9 Å². The predicted molar refractivity (Wildman–Crippen MR) is 116 cm³/mol. The van der Waals surface area contributed by atoms with E-state index in [-0.39, 0.29) is 0 Å². The Kier molecular flexibility index (Phi) is 4.77. The summed E-state index contributed by atoms with van der Waals surface area (Å²) < 4.78 is 0. The molecule has 0 N–H and O–H groups in total. The molecular weight excluding hydrogens is 366 g/mol. The first kappa shape index (κ1) is 18.0. The maximum absolute atomic E-state index is 5.12. The lowest BCUT2D eigenvalue weighted by Crippen LogP contribution is -2.34. The number of aryl methyl sites for hydroxylation is 2. The number of fused-ring (bicyclic) bond motifs is 3. The van der Waals surface area contributed by atoms with Gasteiger partial charge in [-0.3, -0.25) is 4.98 Å². The number of nitrogens with zero attached hydrogens (tertiary/aromatic N) is 5. The highest BCUT2D eigenvalue weighted by atomic mass is 32.1. The van der Waals surface area contributed by atoms with Crippen LogP contribution in [0.5, 0.6) is 0 Å². The van der Waals surface area contributed by atoms with Crippen molar-refractivity contribution in [2.45, 2.75) is 45.1 Å². The van der Waals surface area contributed by atoms with Gasteiger partial charge in [-0.1, -0.05) is 6.92 Å². The van der Waals surface area contributed by atoms with Crippen molar-refractivity contribution in [2.24, 2.45) is 0 Å². The highest BCUT2D eigenvalue weighted by Crippen LogP contribution is 2.41. The highest BCUT2D eigenvalue weighted by molar-refractivity contribution is 7.19. The monoisotopic (exact) mass is 393 g/mol. The van der Waals surface area contributed by atoms with Crippen molar-refractivity contribution in [3.05, 3.63) is 35.0 Å². The second kappa shape index (κ2) is 7.41. The maximum Gasteiger partial charge on any atom is 0.164 e. The topological polar surface area (TPSA) is 45.2 Å². The minimum Gasteiger partial charge on any atom is -0.354 e. The Morgan fingerprint density at radius 2 is 2.14 bits per heavy atom. The molecule has 1 aliphatic heterocycles. The molecule has 5 rings (SSSR count). The molecule has 0 bridgehead atoms. The fourth-order valence-electron chi connectivity index (χ4n) is 4.54. The fourth-order valence-corrected chi connectivity index (χ4v) is 5.80. The number of rotatable bonds is 4. The predicted octanol–water partition coefficient (Wildman–Crippen LogP) is 4.16. The summed E-state index contributed by atoms with van der Waals surface area (Å²) in [6, 6.07) is 4.62. The summed E-state index contributed by atoms with van der Waals surface area (Å²) in [6.07, 6.45) is 9.82. The van der Waals surface area contributed by atoms with Crippen LogP contribution in [-0.2, 0) is 12.8 Å². The van der Waals surface area contributed by atoms with E-state index in [2.05, 4.69) is 34.8 Å². The molecule has 0 amide bonds. The molecule has 3 aromatic heterocycles. The van der Waals surface area contributed by atoms with Gasteiger partial charge in [0.25, 0.3) is 0 Å². The van der Waals surface area contributed by atoms with Crippen LogP contribution < -0.4 is 4.90 Å². The average Bonchev–Trinajstić information content (AvgIpc) is 3.38. The third-order valence-electron chi connectivity index (χ3n) is 6.30. The van der Waals surface area contributed by atoms with Crippen LogP contribution in [-0.4, -0.2) is 52.6 Å². The zero-order valence-corrected chi connectivity index (χ0v) is 17.5. The second-order valence-electron chi connectivity index (χ2n) is 7.97. The van der Waals surface area contributed by atoms with E-state index in [0.717, 1.165) is 41.7 Å². The molecule has 146 valence electrons. The summed E-state index contributed by atoms with van der Waals surface area (Å²) in [5, 5.41) is 1.33. The molecule has 0 saturated carbocycles. The minimum atomic E-state index is 0.603. The lowest BCUT2D eigenvalue weighted by Gasteiger charge is -2.24. The van der Waals surface area contributed by atoms with E-state index in [4.69, 9.17) is 9.97 Å². The molecule has 28 heavy (non-hydrogen) atoms. The van der Waals surface area contributed by atoms with E-state index in [0.29, 0.717) is 6.04 Å². The van der Waals surface area contributed by atoms with Crippen molar-refractivity contribution < 1.29 is 0 Å². The summed E-state index contributed by atoms with van der Waals surface area (Å²) in [4.78, 5) is 22.0. The minimum absolute atomic E-state index is 0.603. The van der Waals surface area contributed by atoms with Crippen LogP contribution in [0.2, 0.25) is 0 Å². The van der Waals surface area contributed by atoms with Gasteiger partial charge in [-0.25, -0.2) is 9.97 Å². The first-order chi connectivity index (χ1) is 13.7. The number of hydrogen-bond donors (Lipinski definition) is 0. The molecule has 0 radical (unpaired) electrons. The van der Waals surface area contributed by atoms with Crippen molar-refractivity contribution in [1.29, 1.82) is 0 Å². The normalized spacial score (nSPS) is 19.5. The van der Waals surface area contributed by atoms with Crippen molar-refractivity contribution in [1.82, 2.24) is 19.9 Å².